The summed E-state index contributed by atoms with van der Waals surface area (Å²) < 4.78 is 5.27. The average molecular weight is 182 g/mol. The van der Waals surface area contributed by atoms with Crippen molar-refractivity contribution in [2.45, 2.75) is 31.5 Å². The Kier molecular flexibility index (Phi) is 3.40. The summed E-state index contributed by atoms with van der Waals surface area (Å²) in [6.45, 7) is 2.22. The van der Waals surface area contributed by atoms with Crippen LogP contribution in [-0.2, 0) is 4.74 Å². The van der Waals surface area contributed by atoms with E-state index in [1.54, 1.807) is 0 Å². The smallest absolute Gasteiger partial charge is 0.0693 e. The first-order chi connectivity index (χ1) is 6.27. The second-order valence-electron chi connectivity index (χ2n) is 2.92. The first kappa shape index (κ1) is 9.67. The third-order valence-electron chi connectivity index (χ3n) is 1.97. The van der Waals surface area contributed by atoms with Crippen molar-refractivity contribution in [2.24, 2.45) is 10.2 Å². The van der Waals surface area contributed by atoms with Crippen molar-refractivity contribution < 1.29 is 4.74 Å². The van der Waals surface area contributed by atoms with E-state index in [0.717, 1.165) is 0 Å². The van der Waals surface area contributed by atoms with E-state index in [1.807, 2.05) is 6.92 Å². The van der Waals surface area contributed by atoms with Crippen molar-refractivity contribution in [3.05, 3.63) is 20.9 Å². The summed E-state index contributed by atoms with van der Waals surface area (Å²) in [5.41, 5.74) is 16.5. The van der Waals surface area contributed by atoms with Crippen molar-refractivity contribution in [2.75, 3.05) is 6.61 Å². The fraction of sp³-hybridized carbons (Fsp3) is 1.00. The van der Waals surface area contributed by atoms with Gasteiger partial charge in [-0.1, -0.05) is 10.2 Å². The number of hydrogen-bond donors (Lipinski definition) is 0. The van der Waals surface area contributed by atoms with Gasteiger partial charge in [0.2, 0.25) is 0 Å². The lowest BCUT2D eigenvalue weighted by Crippen LogP contribution is -2.37. The molecule has 0 amide bonds. The highest BCUT2D eigenvalue weighted by atomic mass is 16.5. The number of nitrogens with zero attached hydrogens (tertiary/aromatic N) is 6. The van der Waals surface area contributed by atoms with E-state index in [9.17, 15) is 0 Å². The lowest BCUT2D eigenvalue weighted by atomic mass is 10.0. The van der Waals surface area contributed by atoms with Crippen LogP contribution in [0.15, 0.2) is 10.2 Å². The van der Waals surface area contributed by atoms with E-state index in [-0.39, 0.29) is 18.2 Å². The maximum Gasteiger partial charge on any atom is 0.0693 e. The first-order valence-corrected chi connectivity index (χ1v) is 3.98. The number of hydrogen-bond acceptors (Lipinski definition) is 3. The van der Waals surface area contributed by atoms with Crippen LogP contribution in [-0.4, -0.2) is 24.8 Å². The molecule has 0 aliphatic carbocycles. The minimum absolute atomic E-state index is 0.0562. The quantitative estimate of drug-likeness (QED) is 0.364. The molecule has 0 saturated carbocycles. The fourth-order valence-corrected chi connectivity index (χ4v) is 1.31. The van der Waals surface area contributed by atoms with Crippen molar-refractivity contribution in [3.63, 3.8) is 0 Å². The van der Waals surface area contributed by atoms with Gasteiger partial charge in [-0.05, 0) is 24.4 Å². The van der Waals surface area contributed by atoms with E-state index < -0.39 is 0 Å². The van der Waals surface area contributed by atoms with E-state index in [2.05, 4.69) is 20.1 Å². The third kappa shape index (κ3) is 2.52. The summed E-state index contributed by atoms with van der Waals surface area (Å²) in [7, 11) is 0. The number of ether oxygens (including phenoxy) is 1. The minimum atomic E-state index is -0.364. The average Bonchev–Trinajstić information content (AvgIpc) is 2.10. The van der Waals surface area contributed by atoms with Crippen molar-refractivity contribution in [1.82, 2.24) is 0 Å². The van der Waals surface area contributed by atoms with Crippen molar-refractivity contribution in [1.29, 1.82) is 0 Å². The molecular weight excluding hydrogens is 172 g/mol. The van der Waals surface area contributed by atoms with Crippen molar-refractivity contribution >= 4 is 0 Å². The Hall–Kier alpha value is -1.42. The largest absolute Gasteiger partial charge is 0.378 e. The molecule has 1 fully saturated rings. The molecule has 0 radical (unpaired) electrons. The van der Waals surface area contributed by atoms with Crippen LogP contribution in [0.3, 0.4) is 0 Å². The Morgan fingerprint density at radius 2 is 1.85 bits per heavy atom. The standard InChI is InChI=1S/C6H10N6O/c1-4-2-5(9-11-7)6(3-13-4)10-12-8/h4-6H,2-3H2,1H3/t4-,5+,6-/m0/s1. The van der Waals surface area contributed by atoms with Crippen LogP contribution in [0.2, 0.25) is 0 Å². The molecule has 0 aromatic heterocycles. The lowest BCUT2D eigenvalue weighted by molar-refractivity contribution is 0.00825. The lowest BCUT2D eigenvalue weighted by Gasteiger charge is -2.29. The summed E-state index contributed by atoms with van der Waals surface area (Å²) in [4.78, 5) is 5.39. The Labute approximate surface area is 74.9 Å². The molecule has 0 N–H and O–H groups in total. The normalized spacial score (nSPS) is 32.8. The molecule has 0 aromatic rings. The molecule has 0 aromatic carbocycles. The van der Waals surface area contributed by atoms with Gasteiger partial charge in [-0.2, -0.15) is 0 Å². The molecule has 7 heteroatoms. The van der Waals surface area contributed by atoms with Crippen LogP contribution in [0.4, 0.5) is 0 Å². The van der Waals surface area contributed by atoms with Crippen LogP contribution in [0.1, 0.15) is 13.3 Å². The highest BCUT2D eigenvalue weighted by Gasteiger charge is 2.27. The van der Waals surface area contributed by atoms with E-state index >= 15 is 0 Å². The molecule has 1 heterocycles. The van der Waals surface area contributed by atoms with Gasteiger partial charge in [-0.3, -0.25) is 0 Å². The Balaban J connectivity index is 2.70. The predicted octanol–water partition coefficient (Wildman–Crippen LogP) is 2.15. The zero-order chi connectivity index (χ0) is 9.68. The Morgan fingerprint density at radius 1 is 1.23 bits per heavy atom. The molecule has 13 heavy (non-hydrogen) atoms. The third-order valence-corrected chi connectivity index (χ3v) is 1.97. The maximum atomic E-state index is 8.27. The molecule has 70 valence electrons. The zero-order valence-corrected chi connectivity index (χ0v) is 7.24. The van der Waals surface area contributed by atoms with E-state index in [1.165, 1.54) is 0 Å². The summed E-state index contributed by atoms with van der Waals surface area (Å²) in [6.07, 6.45) is 0.661. The van der Waals surface area contributed by atoms with E-state index in [0.29, 0.717) is 13.0 Å². The molecule has 3 atom stereocenters. The fourth-order valence-electron chi connectivity index (χ4n) is 1.31. The van der Waals surface area contributed by atoms with Gasteiger partial charge < -0.3 is 4.74 Å². The zero-order valence-electron chi connectivity index (χ0n) is 7.24. The van der Waals surface area contributed by atoms with Gasteiger partial charge in [0.25, 0.3) is 0 Å². The number of rotatable bonds is 2. The highest BCUT2D eigenvalue weighted by molar-refractivity contribution is 4.88. The molecule has 1 aliphatic rings. The number of azide groups is 2. The summed E-state index contributed by atoms with van der Waals surface area (Å²) in [5.74, 6) is 0. The topological polar surface area (TPSA) is 107 Å². The van der Waals surface area contributed by atoms with Gasteiger partial charge >= 0.3 is 0 Å². The molecule has 1 saturated heterocycles. The van der Waals surface area contributed by atoms with E-state index in [4.69, 9.17) is 15.8 Å². The molecule has 0 bridgehead atoms. The first-order valence-electron chi connectivity index (χ1n) is 3.98. The van der Waals surface area contributed by atoms with Gasteiger partial charge in [0.1, 0.15) is 0 Å². The molecule has 1 aliphatic heterocycles. The van der Waals surface area contributed by atoms with Crippen LogP contribution in [0.5, 0.6) is 0 Å². The van der Waals surface area contributed by atoms with Crippen LogP contribution < -0.4 is 0 Å². The SMILES string of the molecule is C[C@H]1C[C@@H](N=[N+]=[N-])[C@@H](N=[N+]=[N-])CO1. The van der Waals surface area contributed by atoms with Crippen molar-refractivity contribution in [3.8, 4) is 0 Å². The van der Waals surface area contributed by atoms with Gasteiger partial charge in [0.05, 0.1) is 24.8 Å². The minimum Gasteiger partial charge on any atom is -0.378 e. The molecular formula is C6H10N6O. The molecule has 7 nitrogen and oxygen atoms in total. The molecule has 1 rings (SSSR count). The van der Waals surface area contributed by atoms with Crippen LogP contribution >= 0.6 is 0 Å². The van der Waals surface area contributed by atoms with Gasteiger partial charge in [0, 0.05) is 9.82 Å². The molecule has 0 spiro atoms. The monoisotopic (exact) mass is 182 g/mol. The molecule has 0 unspecified atom stereocenters. The summed E-state index contributed by atoms with van der Waals surface area (Å²) in [6, 6.07) is -0.637. The van der Waals surface area contributed by atoms with Crippen LogP contribution in [0.25, 0.3) is 20.9 Å². The summed E-state index contributed by atoms with van der Waals surface area (Å²) in [5, 5.41) is 7.08. The Bertz CT molecular complexity index is 266. The van der Waals surface area contributed by atoms with Gasteiger partial charge in [-0.15, -0.1) is 0 Å². The Morgan fingerprint density at radius 3 is 2.46 bits per heavy atom. The summed E-state index contributed by atoms with van der Waals surface area (Å²) >= 11 is 0. The predicted molar refractivity (Wildman–Crippen MR) is 45.9 cm³/mol. The maximum absolute atomic E-state index is 8.27. The second kappa shape index (κ2) is 4.57. The second-order valence-corrected chi connectivity index (χ2v) is 2.92. The highest BCUT2D eigenvalue weighted by Crippen LogP contribution is 2.19. The van der Waals surface area contributed by atoms with Crippen LogP contribution in [0, 0.1) is 0 Å². The van der Waals surface area contributed by atoms with Gasteiger partial charge in [-0.25, -0.2) is 0 Å². The van der Waals surface area contributed by atoms with Gasteiger partial charge in [0.15, 0.2) is 0 Å².